The van der Waals surface area contributed by atoms with Gasteiger partial charge in [0.25, 0.3) is 10.1 Å². The molecule has 0 aliphatic carbocycles. The molecule has 148 valence electrons. The molecule has 3 rings (SSSR count). The molecule has 1 aromatic heterocycles. The summed E-state index contributed by atoms with van der Waals surface area (Å²) in [7, 11) is -4.02. The molecule has 0 radical (unpaired) electrons. The number of aromatic nitrogens is 1. The van der Waals surface area contributed by atoms with Crippen LogP contribution in [0, 0.1) is 6.92 Å². The van der Waals surface area contributed by atoms with Crippen LogP contribution in [0.5, 0.6) is 0 Å². The zero-order chi connectivity index (χ0) is 20.6. The Bertz CT molecular complexity index is 1050. The molecule has 2 aromatic carbocycles. The summed E-state index contributed by atoms with van der Waals surface area (Å²) < 4.78 is 29.6. The first kappa shape index (κ1) is 21.1. The lowest BCUT2D eigenvalue weighted by molar-refractivity contribution is 0.483. The molecule has 0 unspecified atom stereocenters. The van der Waals surface area contributed by atoms with E-state index in [-0.39, 0.29) is 4.90 Å². The summed E-state index contributed by atoms with van der Waals surface area (Å²) >= 11 is 0. The largest absolute Gasteiger partial charge is 0.386 e. The number of hydrogen-bond donors (Lipinski definition) is 4. The van der Waals surface area contributed by atoms with Gasteiger partial charge in [-0.2, -0.15) is 13.5 Å². The molecule has 28 heavy (non-hydrogen) atoms. The van der Waals surface area contributed by atoms with Gasteiger partial charge in [0.1, 0.15) is 11.7 Å². The summed E-state index contributed by atoms with van der Waals surface area (Å²) in [4.78, 5) is 4.41. The van der Waals surface area contributed by atoms with Crippen molar-refractivity contribution in [2.24, 2.45) is 16.7 Å². The molecule has 1 heterocycles. The molecule has 6 N–H and O–H groups in total. The lowest BCUT2D eigenvalue weighted by Crippen LogP contribution is -2.18. The highest BCUT2D eigenvalue weighted by atomic mass is 32.2. The molecular weight excluding hydrogens is 378 g/mol. The number of nitrogens with two attached hydrogens (primary N) is 2. The monoisotopic (exact) mass is 401 g/mol. The van der Waals surface area contributed by atoms with E-state index >= 15 is 0 Å². The second kappa shape index (κ2) is 9.67. The van der Waals surface area contributed by atoms with Gasteiger partial charge in [-0.15, -0.1) is 0 Å². The highest BCUT2D eigenvalue weighted by Crippen LogP contribution is 2.14. The SMILES string of the molecule is Cc1ccc(S(=O)(=O)O)cc1.NN=C(N)CCNc1ccc2ccccc2n1. The summed E-state index contributed by atoms with van der Waals surface area (Å²) in [6.45, 7) is 2.51. The van der Waals surface area contributed by atoms with E-state index in [4.69, 9.17) is 16.1 Å². The third-order valence-corrected chi connectivity index (χ3v) is 4.64. The van der Waals surface area contributed by atoms with Crippen LogP contribution >= 0.6 is 0 Å². The molecule has 3 aromatic rings. The van der Waals surface area contributed by atoms with Crippen LogP contribution < -0.4 is 16.9 Å². The number of fused-ring (bicyclic) bond motifs is 1. The molecule has 0 fully saturated rings. The van der Waals surface area contributed by atoms with Gasteiger partial charge in [-0.3, -0.25) is 4.55 Å². The Balaban J connectivity index is 0.000000221. The zero-order valence-electron chi connectivity index (χ0n) is 15.4. The van der Waals surface area contributed by atoms with E-state index in [1.165, 1.54) is 12.1 Å². The fraction of sp³-hybridized carbons (Fsp3) is 0.158. The van der Waals surface area contributed by atoms with E-state index in [1.807, 2.05) is 43.3 Å². The number of nitrogens with one attached hydrogen (secondary N) is 1. The molecule has 0 saturated carbocycles. The first-order valence-corrected chi connectivity index (χ1v) is 9.89. The maximum absolute atomic E-state index is 10.5. The maximum atomic E-state index is 10.5. The van der Waals surface area contributed by atoms with Crippen LogP contribution in [0.1, 0.15) is 12.0 Å². The Morgan fingerprint density at radius 2 is 1.79 bits per heavy atom. The second-order valence-corrected chi connectivity index (χ2v) is 7.40. The number of para-hydroxylation sites is 1. The molecule has 0 aliphatic rings. The van der Waals surface area contributed by atoms with Crippen molar-refractivity contribution in [3.05, 3.63) is 66.2 Å². The van der Waals surface area contributed by atoms with Gasteiger partial charge in [0.05, 0.1) is 10.4 Å². The number of rotatable bonds is 5. The summed E-state index contributed by atoms with van der Waals surface area (Å²) in [6.07, 6.45) is 0.602. The second-order valence-electron chi connectivity index (χ2n) is 5.97. The minimum absolute atomic E-state index is 0.0666. The molecule has 0 atom stereocenters. The highest BCUT2D eigenvalue weighted by molar-refractivity contribution is 7.85. The van der Waals surface area contributed by atoms with Crippen molar-refractivity contribution in [3.8, 4) is 0 Å². The molecule has 8 nitrogen and oxygen atoms in total. The van der Waals surface area contributed by atoms with Crippen LogP contribution in [0.25, 0.3) is 10.9 Å². The van der Waals surface area contributed by atoms with Gasteiger partial charge in [0.2, 0.25) is 0 Å². The normalized spacial score (nSPS) is 11.6. The van der Waals surface area contributed by atoms with Gasteiger partial charge in [0.15, 0.2) is 0 Å². The summed E-state index contributed by atoms with van der Waals surface area (Å²) in [5, 5.41) is 7.70. The third-order valence-electron chi connectivity index (χ3n) is 3.77. The highest BCUT2D eigenvalue weighted by Gasteiger charge is 2.06. The molecule has 0 spiro atoms. The van der Waals surface area contributed by atoms with Crippen molar-refractivity contribution in [3.63, 3.8) is 0 Å². The number of nitrogens with zero attached hydrogens (tertiary/aromatic N) is 2. The Labute approximate surface area is 164 Å². The standard InChI is InChI=1S/C12H15N5.C7H8O3S/c13-11(17-14)7-8-15-12-6-5-9-3-1-2-4-10(9)16-12;1-6-2-4-7(5-3-6)11(8,9)10/h1-6H,7-8,14H2,(H2,13,17)(H,15,16);2-5H,1H3,(H,8,9,10). The Morgan fingerprint density at radius 1 is 1.11 bits per heavy atom. The van der Waals surface area contributed by atoms with Gasteiger partial charge in [-0.05, 0) is 37.3 Å². The fourth-order valence-electron chi connectivity index (χ4n) is 2.26. The van der Waals surface area contributed by atoms with Crippen LogP contribution in [0.3, 0.4) is 0 Å². The van der Waals surface area contributed by atoms with E-state index < -0.39 is 10.1 Å². The van der Waals surface area contributed by atoms with Crippen LogP contribution in [0.2, 0.25) is 0 Å². The van der Waals surface area contributed by atoms with Crippen LogP contribution in [-0.4, -0.2) is 30.3 Å². The Hall–Kier alpha value is -3.17. The molecule has 0 saturated heterocycles. The van der Waals surface area contributed by atoms with Gasteiger partial charge in [-0.25, -0.2) is 4.98 Å². The Kier molecular flexibility index (Phi) is 7.30. The summed E-state index contributed by atoms with van der Waals surface area (Å²) in [6, 6.07) is 17.9. The smallest absolute Gasteiger partial charge is 0.294 e. The summed E-state index contributed by atoms with van der Waals surface area (Å²) in [5.41, 5.74) is 7.42. The maximum Gasteiger partial charge on any atom is 0.294 e. The van der Waals surface area contributed by atoms with Crippen molar-refractivity contribution in [2.45, 2.75) is 18.2 Å². The van der Waals surface area contributed by atoms with Crippen LogP contribution in [-0.2, 0) is 10.1 Å². The first-order valence-electron chi connectivity index (χ1n) is 8.45. The minimum atomic E-state index is -4.02. The van der Waals surface area contributed by atoms with Crippen LogP contribution in [0.4, 0.5) is 5.82 Å². The van der Waals surface area contributed by atoms with E-state index in [1.54, 1.807) is 12.1 Å². The first-order chi connectivity index (χ1) is 13.3. The lowest BCUT2D eigenvalue weighted by atomic mass is 10.2. The predicted molar refractivity (Wildman–Crippen MR) is 112 cm³/mol. The molecule has 0 amide bonds. The van der Waals surface area contributed by atoms with Gasteiger partial charge in [0, 0.05) is 18.4 Å². The number of hydrazone groups is 1. The van der Waals surface area contributed by atoms with Crippen molar-refractivity contribution in [2.75, 3.05) is 11.9 Å². The summed E-state index contributed by atoms with van der Waals surface area (Å²) in [5.74, 6) is 6.30. The van der Waals surface area contributed by atoms with Crippen molar-refractivity contribution in [1.29, 1.82) is 0 Å². The third kappa shape index (κ3) is 6.53. The Morgan fingerprint density at radius 3 is 2.43 bits per heavy atom. The lowest BCUT2D eigenvalue weighted by Gasteiger charge is -2.06. The van der Waals surface area contributed by atoms with E-state index in [9.17, 15) is 8.42 Å². The molecule has 9 heteroatoms. The van der Waals surface area contributed by atoms with Crippen molar-refractivity contribution >= 4 is 32.7 Å². The van der Waals surface area contributed by atoms with Crippen molar-refractivity contribution in [1.82, 2.24) is 4.98 Å². The molecular formula is C19H23N5O3S. The van der Waals surface area contributed by atoms with Gasteiger partial charge in [-0.1, -0.05) is 35.9 Å². The average Bonchev–Trinajstić information content (AvgIpc) is 2.68. The fourth-order valence-corrected chi connectivity index (χ4v) is 2.74. The van der Waals surface area contributed by atoms with Crippen LogP contribution in [0.15, 0.2) is 70.7 Å². The average molecular weight is 401 g/mol. The van der Waals surface area contributed by atoms with Gasteiger partial charge >= 0.3 is 0 Å². The van der Waals surface area contributed by atoms with Crippen molar-refractivity contribution < 1.29 is 13.0 Å². The van der Waals surface area contributed by atoms with E-state index in [2.05, 4.69) is 15.4 Å². The zero-order valence-corrected chi connectivity index (χ0v) is 16.2. The quantitative estimate of drug-likeness (QED) is 0.169. The van der Waals surface area contributed by atoms with E-state index in [0.29, 0.717) is 18.8 Å². The predicted octanol–water partition coefficient (Wildman–Crippen LogP) is 2.51. The number of hydrogen-bond acceptors (Lipinski definition) is 6. The van der Waals surface area contributed by atoms with E-state index in [0.717, 1.165) is 22.3 Å². The minimum Gasteiger partial charge on any atom is -0.386 e. The topological polar surface area (TPSA) is 144 Å². The molecule has 0 aliphatic heterocycles. The number of benzene rings is 2. The number of amidine groups is 1. The number of pyridine rings is 1. The number of anilines is 1. The molecule has 0 bridgehead atoms. The van der Waals surface area contributed by atoms with Gasteiger partial charge < -0.3 is 16.9 Å². The number of aryl methyl sites for hydroxylation is 1.